The van der Waals surface area contributed by atoms with E-state index in [4.69, 9.17) is 4.74 Å². The molecule has 0 aromatic heterocycles. The molecule has 15 heavy (non-hydrogen) atoms. The first-order valence-corrected chi connectivity index (χ1v) is 5.19. The Morgan fingerprint density at radius 2 is 2.00 bits per heavy atom. The zero-order valence-electron chi connectivity index (χ0n) is 9.19. The van der Waals surface area contributed by atoms with E-state index < -0.39 is 0 Å². The maximum absolute atomic E-state index is 11.3. The number of rotatable bonds is 4. The molecule has 82 valence electrons. The molecular formula is C12H17NO2. The first-order chi connectivity index (χ1) is 7.18. The molecule has 0 aliphatic heterocycles. The first-order valence-electron chi connectivity index (χ1n) is 5.19. The Morgan fingerprint density at radius 3 is 2.60 bits per heavy atom. The van der Waals surface area contributed by atoms with Gasteiger partial charge in [-0.2, -0.15) is 0 Å². The summed E-state index contributed by atoms with van der Waals surface area (Å²) in [6.07, 6.45) is 0.575. The van der Waals surface area contributed by atoms with E-state index in [2.05, 4.69) is 19.2 Å². The summed E-state index contributed by atoms with van der Waals surface area (Å²) in [7, 11) is 0. The van der Waals surface area contributed by atoms with Crippen LogP contribution >= 0.6 is 0 Å². The van der Waals surface area contributed by atoms with Gasteiger partial charge in [0.2, 0.25) is 0 Å². The van der Waals surface area contributed by atoms with Crippen LogP contribution in [-0.2, 0) is 0 Å². The van der Waals surface area contributed by atoms with Gasteiger partial charge in [0.25, 0.3) is 0 Å². The highest BCUT2D eigenvalue weighted by Gasteiger charge is 2.02. The van der Waals surface area contributed by atoms with E-state index in [0.29, 0.717) is 18.2 Å². The minimum Gasteiger partial charge on any atom is -0.410 e. The number of amides is 1. The molecule has 0 spiro atoms. The van der Waals surface area contributed by atoms with Crippen LogP contribution in [0.1, 0.15) is 20.3 Å². The fraction of sp³-hybridized carbons (Fsp3) is 0.417. The molecule has 1 amide bonds. The molecule has 0 bridgehead atoms. The highest BCUT2D eigenvalue weighted by atomic mass is 16.5. The molecule has 0 heterocycles. The molecule has 0 saturated heterocycles. The molecule has 0 aliphatic carbocycles. The van der Waals surface area contributed by atoms with Gasteiger partial charge < -0.3 is 10.1 Å². The van der Waals surface area contributed by atoms with Crippen LogP contribution in [0.15, 0.2) is 30.3 Å². The van der Waals surface area contributed by atoms with Gasteiger partial charge in [0.1, 0.15) is 5.75 Å². The summed E-state index contributed by atoms with van der Waals surface area (Å²) in [5.41, 5.74) is 0. The van der Waals surface area contributed by atoms with Crippen molar-refractivity contribution in [3.8, 4) is 5.75 Å². The van der Waals surface area contributed by atoms with Crippen LogP contribution in [-0.4, -0.2) is 12.6 Å². The largest absolute Gasteiger partial charge is 0.412 e. The lowest BCUT2D eigenvalue weighted by molar-refractivity contribution is 0.200. The van der Waals surface area contributed by atoms with Gasteiger partial charge in [0.05, 0.1) is 0 Å². The number of para-hydroxylation sites is 1. The molecule has 1 rings (SSSR count). The third-order valence-electron chi connectivity index (χ3n) is 1.94. The number of benzene rings is 1. The number of ether oxygens (including phenoxy) is 1. The van der Waals surface area contributed by atoms with Crippen molar-refractivity contribution in [2.24, 2.45) is 5.92 Å². The van der Waals surface area contributed by atoms with Gasteiger partial charge in [-0.05, 0) is 24.5 Å². The van der Waals surface area contributed by atoms with Gasteiger partial charge in [-0.3, -0.25) is 0 Å². The number of hydrogen-bond acceptors (Lipinski definition) is 2. The van der Waals surface area contributed by atoms with E-state index >= 15 is 0 Å². The summed E-state index contributed by atoms with van der Waals surface area (Å²) >= 11 is 0. The number of carbonyl (C=O) groups excluding carboxylic acids is 1. The average molecular weight is 207 g/mol. The molecule has 3 heteroatoms. The third kappa shape index (κ3) is 5.05. The maximum Gasteiger partial charge on any atom is 0.412 e. The van der Waals surface area contributed by atoms with Crippen molar-refractivity contribution in [2.45, 2.75) is 20.3 Å². The fourth-order valence-electron chi connectivity index (χ4n) is 1.09. The van der Waals surface area contributed by atoms with Crippen molar-refractivity contribution in [3.05, 3.63) is 30.3 Å². The van der Waals surface area contributed by atoms with E-state index in [-0.39, 0.29) is 6.09 Å². The summed E-state index contributed by atoms with van der Waals surface area (Å²) in [4.78, 5) is 11.3. The zero-order chi connectivity index (χ0) is 11.1. The molecule has 3 nitrogen and oxygen atoms in total. The second-order valence-electron chi connectivity index (χ2n) is 3.81. The van der Waals surface area contributed by atoms with Crippen LogP contribution in [0.3, 0.4) is 0 Å². The Balaban J connectivity index is 2.25. The molecule has 0 fully saturated rings. The van der Waals surface area contributed by atoms with Crippen molar-refractivity contribution < 1.29 is 9.53 Å². The van der Waals surface area contributed by atoms with Crippen molar-refractivity contribution >= 4 is 6.09 Å². The highest BCUT2D eigenvalue weighted by Crippen LogP contribution is 2.08. The van der Waals surface area contributed by atoms with Crippen LogP contribution in [0.4, 0.5) is 4.79 Å². The predicted octanol–water partition coefficient (Wildman–Crippen LogP) is 2.82. The average Bonchev–Trinajstić information content (AvgIpc) is 2.18. The smallest absolute Gasteiger partial charge is 0.410 e. The summed E-state index contributed by atoms with van der Waals surface area (Å²) in [5, 5.41) is 2.70. The zero-order valence-corrected chi connectivity index (χ0v) is 9.19. The molecule has 0 unspecified atom stereocenters. The lowest BCUT2D eigenvalue weighted by atomic mass is 10.1. The van der Waals surface area contributed by atoms with Crippen molar-refractivity contribution in [3.63, 3.8) is 0 Å². The quantitative estimate of drug-likeness (QED) is 0.824. The number of carbonyl (C=O) groups is 1. The Morgan fingerprint density at radius 1 is 1.33 bits per heavy atom. The summed E-state index contributed by atoms with van der Waals surface area (Å²) in [5.74, 6) is 1.15. The Bertz CT molecular complexity index is 296. The van der Waals surface area contributed by atoms with Crippen LogP contribution in [0.5, 0.6) is 5.75 Å². The molecule has 0 radical (unpaired) electrons. The molecule has 1 N–H and O–H groups in total. The number of hydrogen-bond donors (Lipinski definition) is 1. The molecule has 0 atom stereocenters. The van der Waals surface area contributed by atoms with E-state index in [9.17, 15) is 4.79 Å². The van der Waals surface area contributed by atoms with Gasteiger partial charge in [0, 0.05) is 6.54 Å². The lowest BCUT2D eigenvalue weighted by Crippen LogP contribution is -2.28. The molecular weight excluding hydrogens is 190 g/mol. The third-order valence-corrected chi connectivity index (χ3v) is 1.94. The molecule has 0 aliphatic rings. The van der Waals surface area contributed by atoms with Gasteiger partial charge >= 0.3 is 6.09 Å². The van der Waals surface area contributed by atoms with E-state index in [1.54, 1.807) is 12.1 Å². The standard InChI is InChI=1S/C12H17NO2/c1-10(2)8-9-13-12(14)15-11-6-4-3-5-7-11/h3-7,10H,8-9H2,1-2H3,(H,13,14). The fourth-order valence-corrected chi connectivity index (χ4v) is 1.09. The monoisotopic (exact) mass is 207 g/mol. The lowest BCUT2D eigenvalue weighted by Gasteiger charge is -2.07. The van der Waals surface area contributed by atoms with Crippen LogP contribution in [0, 0.1) is 5.92 Å². The second-order valence-corrected chi connectivity index (χ2v) is 3.81. The minimum atomic E-state index is -0.387. The van der Waals surface area contributed by atoms with Crippen molar-refractivity contribution in [2.75, 3.05) is 6.54 Å². The van der Waals surface area contributed by atoms with Crippen molar-refractivity contribution in [1.82, 2.24) is 5.32 Å². The summed E-state index contributed by atoms with van der Waals surface area (Å²) in [6.45, 7) is 4.89. The Kier molecular flexibility index (Phi) is 4.68. The molecule has 1 aromatic rings. The molecule has 0 saturated carbocycles. The topological polar surface area (TPSA) is 38.3 Å². The Hall–Kier alpha value is -1.51. The predicted molar refractivity (Wildman–Crippen MR) is 59.9 cm³/mol. The van der Waals surface area contributed by atoms with Crippen LogP contribution in [0.2, 0.25) is 0 Å². The SMILES string of the molecule is CC(C)CCNC(=O)Oc1ccccc1. The van der Waals surface area contributed by atoms with Gasteiger partial charge in [-0.15, -0.1) is 0 Å². The van der Waals surface area contributed by atoms with Gasteiger partial charge in [0.15, 0.2) is 0 Å². The minimum absolute atomic E-state index is 0.387. The van der Waals surface area contributed by atoms with Gasteiger partial charge in [-0.1, -0.05) is 32.0 Å². The Labute approximate surface area is 90.4 Å². The van der Waals surface area contributed by atoms with Crippen LogP contribution < -0.4 is 10.1 Å². The summed E-state index contributed by atoms with van der Waals surface area (Å²) in [6, 6.07) is 9.04. The highest BCUT2D eigenvalue weighted by molar-refractivity contribution is 5.70. The second kappa shape index (κ2) is 6.06. The van der Waals surface area contributed by atoms with E-state index in [1.807, 2.05) is 18.2 Å². The first kappa shape index (κ1) is 11.6. The van der Waals surface area contributed by atoms with Crippen molar-refractivity contribution in [1.29, 1.82) is 0 Å². The van der Waals surface area contributed by atoms with E-state index in [1.165, 1.54) is 0 Å². The van der Waals surface area contributed by atoms with Crippen LogP contribution in [0.25, 0.3) is 0 Å². The summed E-state index contributed by atoms with van der Waals surface area (Å²) < 4.78 is 5.05. The van der Waals surface area contributed by atoms with Gasteiger partial charge in [-0.25, -0.2) is 4.79 Å². The maximum atomic E-state index is 11.3. The number of nitrogens with one attached hydrogen (secondary N) is 1. The normalized spacial score (nSPS) is 10.1. The molecule has 1 aromatic carbocycles. The van der Waals surface area contributed by atoms with E-state index in [0.717, 1.165) is 6.42 Å².